The number of aryl methyl sites for hydroxylation is 2. The molecule has 1 aromatic carbocycles. The molecule has 1 amide bonds. The Labute approximate surface area is 174 Å². The first-order valence-electron chi connectivity index (χ1n) is 9.14. The van der Waals surface area contributed by atoms with Crippen LogP contribution in [-0.4, -0.2) is 21.7 Å². The highest BCUT2D eigenvalue weighted by Gasteiger charge is 2.23. The highest BCUT2D eigenvalue weighted by Crippen LogP contribution is 2.33. The Bertz CT molecular complexity index is 1120. The first kappa shape index (κ1) is 19.0. The van der Waals surface area contributed by atoms with Gasteiger partial charge in [0.15, 0.2) is 0 Å². The average Bonchev–Trinajstić information content (AvgIpc) is 3.08. The van der Waals surface area contributed by atoms with Crippen molar-refractivity contribution in [2.75, 3.05) is 0 Å². The smallest absolute Gasteiger partial charge is 0.263 e. The fourth-order valence-electron chi connectivity index (χ4n) is 3.37. The number of thiophene rings is 1. The zero-order valence-corrected chi connectivity index (χ0v) is 17.7. The topological polar surface area (TPSA) is 76.3 Å². The van der Waals surface area contributed by atoms with E-state index >= 15 is 0 Å². The number of benzene rings is 1. The second-order valence-corrected chi connectivity index (χ2v) is 8.81. The van der Waals surface area contributed by atoms with E-state index < -0.39 is 6.04 Å². The minimum Gasteiger partial charge on any atom is -0.286 e. The number of nitrogens with zero attached hydrogens (tertiary/aromatic N) is 3. The molecule has 4 rings (SSSR count). The number of carbonyl (C=O) groups excluding carboxylic acids is 1. The predicted octanol–water partition coefficient (Wildman–Crippen LogP) is 3.81. The molecule has 2 aromatic heterocycles. The van der Waals surface area contributed by atoms with E-state index in [1.165, 1.54) is 15.8 Å². The van der Waals surface area contributed by atoms with E-state index in [-0.39, 0.29) is 11.5 Å². The Morgan fingerprint density at radius 2 is 2.07 bits per heavy atom. The standard InChI is InChI=1S/C20H19BrN4O2S/c1-12(18(26)24-23-10-13-6-8-14(21)9-7-13)25-11-22-19-17(20(25)27)15-4-2-3-5-16(15)28-19/h6-12H,2-5H2,1H3,(H,24,26)/t12-/m0/s1. The van der Waals surface area contributed by atoms with Crippen LogP contribution < -0.4 is 11.0 Å². The fourth-order valence-corrected chi connectivity index (χ4v) is 4.86. The number of aromatic nitrogens is 2. The summed E-state index contributed by atoms with van der Waals surface area (Å²) < 4.78 is 2.37. The van der Waals surface area contributed by atoms with Crippen LogP contribution in [0.4, 0.5) is 0 Å². The third-order valence-corrected chi connectivity index (χ3v) is 6.68. The summed E-state index contributed by atoms with van der Waals surface area (Å²) in [6.45, 7) is 1.68. The van der Waals surface area contributed by atoms with Gasteiger partial charge < -0.3 is 0 Å². The lowest BCUT2D eigenvalue weighted by molar-refractivity contribution is -0.123. The molecular weight excluding hydrogens is 440 g/mol. The fraction of sp³-hybridized carbons (Fsp3) is 0.300. The molecular formula is C20H19BrN4O2S. The molecule has 0 saturated carbocycles. The minimum atomic E-state index is -0.703. The van der Waals surface area contributed by atoms with Crippen LogP contribution in [0, 0.1) is 0 Å². The van der Waals surface area contributed by atoms with Gasteiger partial charge in [-0.25, -0.2) is 10.4 Å². The van der Waals surface area contributed by atoms with Crippen molar-refractivity contribution < 1.29 is 4.79 Å². The second-order valence-electron chi connectivity index (χ2n) is 6.81. The number of fused-ring (bicyclic) bond motifs is 3. The Morgan fingerprint density at radius 1 is 1.32 bits per heavy atom. The van der Waals surface area contributed by atoms with Gasteiger partial charge in [-0.2, -0.15) is 5.10 Å². The Hall–Kier alpha value is -2.32. The quantitative estimate of drug-likeness (QED) is 0.476. The summed E-state index contributed by atoms with van der Waals surface area (Å²) in [4.78, 5) is 32.0. The van der Waals surface area contributed by atoms with Gasteiger partial charge in [-0.3, -0.25) is 14.2 Å². The van der Waals surface area contributed by atoms with Gasteiger partial charge in [0, 0.05) is 9.35 Å². The van der Waals surface area contributed by atoms with Crippen molar-refractivity contribution in [3.05, 3.63) is 61.4 Å². The second kappa shape index (κ2) is 7.97. The minimum absolute atomic E-state index is 0.149. The first-order chi connectivity index (χ1) is 13.5. The van der Waals surface area contributed by atoms with Gasteiger partial charge in [0.1, 0.15) is 10.9 Å². The van der Waals surface area contributed by atoms with Crippen molar-refractivity contribution in [3.63, 3.8) is 0 Å². The molecule has 0 bridgehead atoms. The van der Waals surface area contributed by atoms with Gasteiger partial charge in [-0.15, -0.1) is 11.3 Å². The van der Waals surface area contributed by atoms with E-state index in [1.54, 1.807) is 24.5 Å². The molecule has 0 unspecified atom stereocenters. The SMILES string of the molecule is C[C@@H](C(=O)NN=Cc1ccc(Br)cc1)n1cnc2sc3c(c2c1=O)CCCC3. The van der Waals surface area contributed by atoms with Crippen molar-refractivity contribution in [1.82, 2.24) is 15.0 Å². The molecule has 0 fully saturated rings. The van der Waals surface area contributed by atoms with Crippen molar-refractivity contribution >= 4 is 49.6 Å². The largest absolute Gasteiger partial charge is 0.286 e. The van der Waals surface area contributed by atoms with Crippen LogP contribution in [0.3, 0.4) is 0 Å². The lowest BCUT2D eigenvalue weighted by Crippen LogP contribution is -2.34. The number of hydrazone groups is 1. The Kier molecular flexibility index (Phi) is 5.41. The molecule has 1 aliphatic carbocycles. The number of carbonyl (C=O) groups is 1. The van der Waals surface area contributed by atoms with E-state index in [1.807, 2.05) is 24.3 Å². The Morgan fingerprint density at radius 3 is 2.86 bits per heavy atom. The summed E-state index contributed by atoms with van der Waals surface area (Å²) in [5, 5.41) is 4.68. The highest BCUT2D eigenvalue weighted by atomic mass is 79.9. The maximum atomic E-state index is 13.0. The zero-order valence-electron chi connectivity index (χ0n) is 15.3. The third kappa shape index (κ3) is 3.66. The van der Waals surface area contributed by atoms with E-state index in [2.05, 4.69) is 31.4 Å². The number of rotatable bonds is 4. The van der Waals surface area contributed by atoms with Crippen LogP contribution in [0.5, 0.6) is 0 Å². The number of halogens is 1. The van der Waals surface area contributed by atoms with E-state index in [4.69, 9.17) is 0 Å². The molecule has 3 aromatic rings. The first-order valence-corrected chi connectivity index (χ1v) is 10.8. The summed E-state index contributed by atoms with van der Waals surface area (Å²) in [7, 11) is 0. The van der Waals surface area contributed by atoms with E-state index in [0.717, 1.165) is 46.1 Å². The van der Waals surface area contributed by atoms with Crippen molar-refractivity contribution in [1.29, 1.82) is 0 Å². The van der Waals surface area contributed by atoms with Gasteiger partial charge in [-0.1, -0.05) is 28.1 Å². The van der Waals surface area contributed by atoms with Crippen molar-refractivity contribution in [2.24, 2.45) is 5.10 Å². The lowest BCUT2D eigenvalue weighted by Gasteiger charge is -2.14. The van der Waals surface area contributed by atoms with Crippen LogP contribution in [0.15, 0.2) is 45.0 Å². The summed E-state index contributed by atoms with van der Waals surface area (Å²) in [5.74, 6) is -0.360. The zero-order chi connectivity index (χ0) is 19.7. The van der Waals surface area contributed by atoms with Crippen molar-refractivity contribution in [2.45, 2.75) is 38.6 Å². The number of amides is 1. The molecule has 1 N–H and O–H groups in total. The van der Waals surface area contributed by atoms with Crippen LogP contribution >= 0.6 is 27.3 Å². The van der Waals surface area contributed by atoms with E-state index in [0.29, 0.717) is 5.39 Å². The molecule has 144 valence electrons. The molecule has 0 saturated heterocycles. The molecule has 1 atom stereocenters. The van der Waals surface area contributed by atoms with E-state index in [9.17, 15) is 9.59 Å². The van der Waals surface area contributed by atoms with Crippen LogP contribution in [0.25, 0.3) is 10.2 Å². The van der Waals surface area contributed by atoms with Gasteiger partial charge in [0.2, 0.25) is 0 Å². The summed E-state index contributed by atoms with van der Waals surface area (Å²) in [6, 6.07) is 6.85. The van der Waals surface area contributed by atoms with Gasteiger partial charge in [0.05, 0.1) is 17.9 Å². The molecule has 0 aliphatic heterocycles. The molecule has 0 radical (unpaired) electrons. The van der Waals surface area contributed by atoms with Crippen LogP contribution in [0.2, 0.25) is 0 Å². The third-order valence-electron chi connectivity index (χ3n) is 4.96. The molecule has 28 heavy (non-hydrogen) atoms. The summed E-state index contributed by atoms with van der Waals surface area (Å²) >= 11 is 4.98. The number of hydrogen-bond donors (Lipinski definition) is 1. The number of nitrogens with one attached hydrogen (secondary N) is 1. The molecule has 2 heterocycles. The van der Waals surface area contributed by atoms with Crippen molar-refractivity contribution in [3.8, 4) is 0 Å². The highest BCUT2D eigenvalue weighted by molar-refractivity contribution is 9.10. The van der Waals surface area contributed by atoms with Crippen LogP contribution in [0.1, 0.15) is 41.8 Å². The molecule has 6 nitrogen and oxygen atoms in total. The van der Waals surface area contributed by atoms with Gasteiger partial charge >= 0.3 is 0 Å². The summed E-state index contributed by atoms with van der Waals surface area (Å²) in [6.07, 6.45) is 7.20. The Balaban J connectivity index is 1.55. The van der Waals surface area contributed by atoms with Gasteiger partial charge in [-0.05, 0) is 55.9 Å². The molecule has 0 spiro atoms. The van der Waals surface area contributed by atoms with Gasteiger partial charge in [0.25, 0.3) is 11.5 Å². The predicted molar refractivity (Wildman–Crippen MR) is 115 cm³/mol. The monoisotopic (exact) mass is 458 g/mol. The maximum absolute atomic E-state index is 13.0. The molecule has 8 heteroatoms. The number of hydrogen-bond acceptors (Lipinski definition) is 5. The summed E-state index contributed by atoms with van der Waals surface area (Å²) in [5.41, 5.74) is 4.35. The van der Waals surface area contributed by atoms with Crippen LogP contribution in [-0.2, 0) is 17.6 Å². The lowest BCUT2D eigenvalue weighted by atomic mass is 9.97. The average molecular weight is 459 g/mol. The maximum Gasteiger partial charge on any atom is 0.263 e. The molecule has 1 aliphatic rings. The normalized spacial score (nSPS) is 14.9.